The highest BCUT2D eigenvalue weighted by Crippen LogP contribution is 2.34. The van der Waals surface area contributed by atoms with Gasteiger partial charge in [0.15, 0.2) is 0 Å². The molecule has 0 spiro atoms. The molecule has 0 radical (unpaired) electrons. The van der Waals surface area contributed by atoms with Crippen LogP contribution in [0.2, 0.25) is 0 Å². The molecule has 2 aromatic carbocycles. The van der Waals surface area contributed by atoms with Gasteiger partial charge in [-0.25, -0.2) is 0 Å². The number of benzene rings is 2. The topological polar surface area (TPSA) is 99.8 Å². The SMILES string of the molecule is CN(CCO)C(=O)c1ccc(C(=C2CCN(Cc3ccc(C(F)(F)F)nc3)CC2)c2cccc(C(N)=O)c2)cc1. The lowest BCUT2D eigenvalue weighted by Crippen LogP contribution is -2.30. The highest BCUT2D eigenvalue weighted by Gasteiger charge is 2.32. The first-order chi connectivity index (χ1) is 19.1. The normalized spacial score (nSPS) is 14.2. The smallest absolute Gasteiger partial charge is 0.395 e. The molecule has 1 aliphatic heterocycles. The standard InChI is InChI=1S/C30H31F3N4O3/c1-36(15-16-38)29(40)23-8-6-21(7-9-23)27(24-3-2-4-25(17-24)28(34)39)22-11-13-37(14-12-22)19-20-5-10-26(35-18-20)30(31,32)33/h2-10,17-18,38H,11-16,19H2,1H3,(H2,34,39). The molecule has 2 amide bonds. The number of nitrogens with zero attached hydrogens (tertiary/aromatic N) is 3. The number of aliphatic hydroxyl groups excluding tert-OH is 1. The maximum absolute atomic E-state index is 12.8. The minimum Gasteiger partial charge on any atom is -0.395 e. The number of nitrogens with two attached hydrogens (primary N) is 1. The van der Waals surface area contributed by atoms with Gasteiger partial charge in [-0.1, -0.05) is 35.9 Å². The van der Waals surface area contributed by atoms with Gasteiger partial charge in [0.1, 0.15) is 5.69 Å². The van der Waals surface area contributed by atoms with E-state index in [0.29, 0.717) is 49.2 Å². The highest BCUT2D eigenvalue weighted by atomic mass is 19.4. The van der Waals surface area contributed by atoms with Crippen LogP contribution in [0.4, 0.5) is 13.2 Å². The Labute approximate surface area is 230 Å². The Morgan fingerprint density at radius 1 is 0.975 bits per heavy atom. The Hall–Kier alpha value is -4.02. The summed E-state index contributed by atoms with van der Waals surface area (Å²) in [5.74, 6) is -0.726. The number of carbonyl (C=O) groups is 2. The first-order valence-corrected chi connectivity index (χ1v) is 12.9. The zero-order valence-corrected chi connectivity index (χ0v) is 22.1. The second-order valence-corrected chi connectivity index (χ2v) is 9.78. The number of halogens is 3. The molecule has 210 valence electrons. The summed E-state index contributed by atoms with van der Waals surface area (Å²) in [6, 6.07) is 16.8. The summed E-state index contributed by atoms with van der Waals surface area (Å²) < 4.78 is 38.5. The number of carbonyl (C=O) groups excluding carboxylic acids is 2. The number of likely N-dealkylation sites (tertiary alicyclic amines) is 1. The predicted molar refractivity (Wildman–Crippen MR) is 145 cm³/mol. The molecule has 3 aromatic rings. The van der Waals surface area contributed by atoms with Crippen LogP contribution in [-0.2, 0) is 12.7 Å². The second-order valence-electron chi connectivity index (χ2n) is 9.78. The van der Waals surface area contributed by atoms with E-state index in [-0.39, 0.29) is 19.1 Å². The fourth-order valence-corrected chi connectivity index (χ4v) is 4.83. The Kier molecular flexibility index (Phi) is 9.01. The van der Waals surface area contributed by atoms with Crippen LogP contribution >= 0.6 is 0 Å². The van der Waals surface area contributed by atoms with Gasteiger partial charge in [-0.3, -0.25) is 19.5 Å². The van der Waals surface area contributed by atoms with Crippen molar-refractivity contribution < 1.29 is 27.9 Å². The molecule has 40 heavy (non-hydrogen) atoms. The maximum atomic E-state index is 12.8. The monoisotopic (exact) mass is 552 g/mol. The van der Waals surface area contributed by atoms with Crippen molar-refractivity contribution in [2.45, 2.75) is 25.6 Å². The molecule has 0 saturated carbocycles. The third-order valence-corrected chi connectivity index (χ3v) is 6.97. The first kappa shape index (κ1) is 29.0. The Bertz CT molecular complexity index is 1380. The molecule has 3 N–H and O–H groups in total. The minimum absolute atomic E-state index is 0.126. The van der Waals surface area contributed by atoms with E-state index < -0.39 is 17.8 Å². The third kappa shape index (κ3) is 6.94. The van der Waals surface area contributed by atoms with Crippen molar-refractivity contribution in [2.75, 3.05) is 33.3 Å². The second kappa shape index (κ2) is 12.4. The number of aliphatic hydroxyl groups is 1. The summed E-state index contributed by atoms with van der Waals surface area (Å²) in [5, 5.41) is 9.14. The number of rotatable bonds is 8. The van der Waals surface area contributed by atoms with Gasteiger partial charge in [-0.15, -0.1) is 0 Å². The number of hydrogen-bond donors (Lipinski definition) is 2. The van der Waals surface area contributed by atoms with Gasteiger partial charge in [0.05, 0.1) is 6.61 Å². The summed E-state index contributed by atoms with van der Waals surface area (Å²) in [7, 11) is 1.63. The molecule has 0 atom stereocenters. The molecule has 2 heterocycles. The number of alkyl halides is 3. The maximum Gasteiger partial charge on any atom is 0.433 e. The van der Waals surface area contributed by atoms with Crippen LogP contribution in [0.3, 0.4) is 0 Å². The van der Waals surface area contributed by atoms with Crippen LogP contribution in [0.5, 0.6) is 0 Å². The van der Waals surface area contributed by atoms with Gasteiger partial charge in [0.25, 0.3) is 5.91 Å². The van der Waals surface area contributed by atoms with Crippen molar-refractivity contribution in [3.05, 3.63) is 106 Å². The Morgan fingerprint density at radius 2 is 1.62 bits per heavy atom. The molecule has 4 rings (SSSR count). The van der Waals surface area contributed by atoms with E-state index in [2.05, 4.69) is 9.88 Å². The number of amides is 2. The molecule has 0 aliphatic carbocycles. The molecule has 0 unspecified atom stereocenters. The van der Waals surface area contributed by atoms with Gasteiger partial charge < -0.3 is 15.7 Å². The van der Waals surface area contributed by atoms with Crippen LogP contribution in [-0.4, -0.2) is 65.0 Å². The number of likely N-dealkylation sites (N-methyl/N-ethyl adjacent to an activating group) is 1. The zero-order chi connectivity index (χ0) is 28.9. The Balaban J connectivity index is 1.59. The zero-order valence-electron chi connectivity index (χ0n) is 22.1. The predicted octanol–water partition coefficient (Wildman–Crippen LogP) is 4.36. The van der Waals surface area contributed by atoms with Crippen molar-refractivity contribution in [1.82, 2.24) is 14.8 Å². The van der Waals surface area contributed by atoms with Crippen molar-refractivity contribution in [3.8, 4) is 0 Å². The lowest BCUT2D eigenvalue weighted by molar-refractivity contribution is -0.141. The van der Waals surface area contributed by atoms with Crippen LogP contribution in [0.25, 0.3) is 5.57 Å². The van der Waals surface area contributed by atoms with Crippen LogP contribution in [0.15, 0.2) is 72.4 Å². The minimum atomic E-state index is -4.47. The van der Waals surface area contributed by atoms with Crippen LogP contribution < -0.4 is 5.73 Å². The van der Waals surface area contributed by atoms with Gasteiger partial charge in [-0.2, -0.15) is 13.2 Å². The lowest BCUT2D eigenvalue weighted by atomic mass is 9.87. The summed E-state index contributed by atoms with van der Waals surface area (Å²) >= 11 is 0. The Morgan fingerprint density at radius 3 is 2.20 bits per heavy atom. The molecule has 1 aliphatic rings. The molecule has 10 heteroatoms. The number of primary amides is 1. The van der Waals surface area contributed by atoms with Crippen molar-refractivity contribution >= 4 is 17.4 Å². The summed E-state index contributed by atoms with van der Waals surface area (Å²) in [5.41, 5.74) is 10.1. The fourth-order valence-electron chi connectivity index (χ4n) is 4.83. The van der Waals surface area contributed by atoms with Gasteiger partial charge in [0.2, 0.25) is 5.91 Å². The van der Waals surface area contributed by atoms with Gasteiger partial charge >= 0.3 is 6.18 Å². The highest BCUT2D eigenvalue weighted by molar-refractivity contribution is 5.96. The van der Waals surface area contributed by atoms with Crippen LogP contribution in [0.1, 0.15) is 55.9 Å². The average Bonchev–Trinajstić information content (AvgIpc) is 2.94. The van der Waals surface area contributed by atoms with Gasteiger partial charge in [-0.05, 0) is 65.4 Å². The number of hydrogen-bond acceptors (Lipinski definition) is 5. The number of piperidine rings is 1. The van der Waals surface area contributed by atoms with Crippen LogP contribution in [0, 0.1) is 0 Å². The van der Waals surface area contributed by atoms with E-state index in [9.17, 15) is 22.8 Å². The van der Waals surface area contributed by atoms with E-state index >= 15 is 0 Å². The first-order valence-electron chi connectivity index (χ1n) is 12.9. The molecule has 1 fully saturated rings. The summed E-state index contributed by atoms with van der Waals surface area (Å²) in [4.78, 5) is 31.7. The summed E-state index contributed by atoms with van der Waals surface area (Å²) in [6.07, 6.45) is -1.77. The molecule has 1 saturated heterocycles. The van der Waals surface area contributed by atoms with E-state index in [0.717, 1.165) is 22.8 Å². The largest absolute Gasteiger partial charge is 0.433 e. The van der Waals surface area contributed by atoms with Crippen molar-refractivity contribution in [1.29, 1.82) is 0 Å². The molecule has 7 nitrogen and oxygen atoms in total. The molecular formula is C30H31F3N4O3. The molecular weight excluding hydrogens is 521 g/mol. The van der Waals surface area contributed by atoms with E-state index in [4.69, 9.17) is 10.8 Å². The molecule has 1 aromatic heterocycles. The quantitative estimate of drug-likeness (QED) is 0.433. The van der Waals surface area contributed by atoms with Gasteiger partial charge in [0, 0.05) is 50.6 Å². The average molecular weight is 553 g/mol. The van der Waals surface area contributed by atoms with E-state index in [1.54, 1.807) is 37.4 Å². The van der Waals surface area contributed by atoms with E-state index in [1.807, 2.05) is 18.2 Å². The third-order valence-electron chi connectivity index (χ3n) is 6.97. The lowest BCUT2D eigenvalue weighted by Gasteiger charge is -2.30. The van der Waals surface area contributed by atoms with E-state index in [1.165, 1.54) is 22.7 Å². The van der Waals surface area contributed by atoms with Crippen molar-refractivity contribution in [3.63, 3.8) is 0 Å². The van der Waals surface area contributed by atoms with Crippen molar-refractivity contribution in [2.24, 2.45) is 5.73 Å². The fraction of sp³-hybridized carbons (Fsp3) is 0.300. The number of aromatic nitrogens is 1. The summed E-state index contributed by atoms with van der Waals surface area (Å²) in [6.45, 7) is 1.98. The molecule has 0 bridgehead atoms. The number of pyridine rings is 1.